The van der Waals surface area contributed by atoms with Gasteiger partial charge in [0.25, 0.3) is 0 Å². The molecule has 3 fully saturated rings. The maximum atomic E-state index is 12.0. The van der Waals surface area contributed by atoms with Gasteiger partial charge in [0.05, 0.1) is 6.10 Å². The summed E-state index contributed by atoms with van der Waals surface area (Å²) < 4.78 is 5.54. The molecule has 25 heavy (non-hydrogen) atoms. The van der Waals surface area contributed by atoms with E-state index in [9.17, 15) is 14.7 Å². The number of ether oxygens (including phenoxy) is 1. The first-order valence-electron chi connectivity index (χ1n) is 9.92. The van der Waals surface area contributed by atoms with Gasteiger partial charge in [-0.1, -0.05) is 12.5 Å². The van der Waals surface area contributed by atoms with Crippen molar-refractivity contribution < 1.29 is 19.4 Å². The number of rotatable bonds is 2. The molecule has 3 saturated carbocycles. The molecular weight excluding hydrogens is 316 g/mol. The fraction of sp³-hybridized carbons (Fsp3) is 0.810. The molecule has 6 atom stereocenters. The van der Waals surface area contributed by atoms with E-state index in [4.69, 9.17) is 4.74 Å². The summed E-state index contributed by atoms with van der Waals surface area (Å²) >= 11 is 0. The zero-order chi connectivity index (χ0) is 17.8. The monoisotopic (exact) mass is 346 g/mol. The molecule has 0 amide bonds. The van der Waals surface area contributed by atoms with Crippen LogP contribution in [-0.2, 0) is 14.3 Å². The van der Waals surface area contributed by atoms with Crippen molar-refractivity contribution in [3.8, 4) is 0 Å². The quantitative estimate of drug-likeness (QED) is 0.778. The molecule has 4 aliphatic rings. The highest BCUT2D eigenvalue weighted by Gasteiger charge is 2.60. The van der Waals surface area contributed by atoms with Crippen molar-refractivity contribution in [1.82, 2.24) is 0 Å². The van der Waals surface area contributed by atoms with Gasteiger partial charge in [-0.3, -0.25) is 9.59 Å². The molecule has 4 aliphatic carbocycles. The second-order valence-electron chi connectivity index (χ2n) is 9.13. The predicted molar refractivity (Wildman–Crippen MR) is 93.7 cm³/mol. The molecule has 0 radical (unpaired) electrons. The summed E-state index contributed by atoms with van der Waals surface area (Å²) in [7, 11) is 0. The first kappa shape index (κ1) is 17.3. The average Bonchev–Trinajstić information content (AvgIpc) is 2.88. The second-order valence-corrected chi connectivity index (χ2v) is 9.13. The minimum atomic E-state index is -0.232. The third kappa shape index (κ3) is 2.51. The number of ketones is 1. The SMILES string of the molecule is CC(=O)OC[C@]12CCC(=O)C=C1CC[C@@H]1[C@@H]2CC[C@]2(C)[C@@H](O)CC[C@@H]12. The van der Waals surface area contributed by atoms with Gasteiger partial charge in [0.15, 0.2) is 5.78 Å². The minimum Gasteiger partial charge on any atom is -0.465 e. The molecule has 0 aromatic rings. The van der Waals surface area contributed by atoms with Gasteiger partial charge in [0, 0.05) is 18.8 Å². The first-order chi connectivity index (χ1) is 11.9. The Morgan fingerprint density at radius 1 is 1.20 bits per heavy atom. The van der Waals surface area contributed by atoms with Gasteiger partial charge in [-0.05, 0) is 74.2 Å². The standard InChI is InChI=1S/C21H30O4/c1-13(22)25-12-21-10-7-15(23)11-14(21)3-4-16-17-5-6-19(24)20(17,2)9-8-18(16)21/h11,16-19,24H,3-10,12H2,1-2H3/t16-,17-,18-,19-,20-,21+/m0/s1. The number of carbonyl (C=O) groups is 2. The Balaban J connectivity index is 1.69. The Labute approximate surface area is 150 Å². The fourth-order valence-corrected chi connectivity index (χ4v) is 6.83. The number of aliphatic hydroxyl groups excluding tert-OH is 1. The van der Waals surface area contributed by atoms with Crippen molar-refractivity contribution in [3.05, 3.63) is 11.6 Å². The Bertz CT molecular complexity index is 623. The van der Waals surface area contributed by atoms with E-state index in [1.165, 1.54) is 12.5 Å². The van der Waals surface area contributed by atoms with Crippen molar-refractivity contribution >= 4 is 11.8 Å². The zero-order valence-electron chi connectivity index (χ0n) is 15.4. The van der Waals surface area contributed by atoms with E-state index < -0.39 is 0 Å². The minimum absolute atomic E-state index is 0.0511. The fourth-order valence-electron chi connectivity index (χ4n) is 6.83. The van der Waals surface area contributed by atoms with Crippen molar-refractivity contribution in [2.45, 2.75) is 71.3 Å². The molecule has 0 bridgehead atoms. The average molecular weight is 346 g/mol. The zero-order valence-corrected chi connectivity index (χ0v) is 15.4. The molecule has 0 aromatic carbocycles. The molecule has 0 spiro atoms. The summed E-state index contributed by atoms with van der Waals surface area (Å²) in [4.78, 5) is 23.5. The highest BCUT2D eigenvalue weighted by atomic mass is 16.5. The maximum Gasteiger partial charge on any atom is 0.302 e. The van der Waals surface area contributed by atoms with E-state index >= 15 is 0 Å². The van der Waals surface area contributed by atoms with Crippen LogP contribution < -0.4 is 0 Å². The predicted octanol–water partition coefficient (Wildman–Crippen LogP) is 3.42. The highest BCUT2D eigenvalue weighted by molar-refractivity contribution is 5.91. The highest BCUT2D eigenvalue weighted by Crippen LogP contribution is 2.65. The smallest absolute Gasteiger partial charge is 0.302 e. The van der Waals surface area contributed by atoms with Crippen LogP contribution in [-0.4, -0.2) is 29.6 Å². The van der Waals surface area contributed by atoms with E-state index in [2.05, 4.69) is 6.92 Å². The maximum absolute atomic E-state index is 12.0. The Kier molecular flexibility index (Phi) is 4.10. The summed E-state index contributed by atoms with van der Waals surface area (Å²) in [5.41, 5.74) is 1.14. The van der Waals surface area contributed by atoms with E-state index in [0.717, 1.165) is 44.9 Å². The largest absolute Gasteiger partial charge is 0.465 e. The van der Waals surface area contributed by atoms with Crippen LogP contribution in [0.1, 0.15) is 65.2 Å². The lowest BCUT2D eigenvalue weighted by atomic mass is 9.47. The lowest BCUT2D eigenvalue weighted by molar-refractivity contribution is -0.150. The molecule has 0 aliphatic heterocycles. The molecule has 0 aromatic heterocycles. The summed E-state index contributed by atoms with van der Waals surface area (Å²) in [6, 6.07) is 0. The van der Waals surface area contributed by atoms with Crippen LogP contribution in [0.25, 0.3) is 0 Å². The molecule has 138 valence electrons. The van der Waals surface area contributed by atoms with E-state index in [0.29, 0.717) is 30.8 Å². The lowest BCUT2D eigenvalue weighted by Gasteiger charge is -2.58. The van der Waals surface area contributed by atoms with Gasteiger partial charge < -0.3 is 9.84 Å². The Morgan fingerprint density at radius 3 is 2.76 bits per heavy atom. The lowest BCUT2D eigenvalue weighted by Crippen LogP contribution is -2.53. The topological polar surface area (TPSA) is 63.6 Å². The van der Waals surface area contributed by atoms with Gasteiger partial charge in [-0.25, -0.2) is 0 Å². The van der Waals surface area contributed by atoms with E-state index in [1.807, 2.05) is 6.08 Å². The van der Waals surface area contributed by atoms with Crippen LogP contribution in [0.15, 0.2) is 11.6 Å². The Hall–Kier alpha value is -1.16. The number of aliphatic hydroxyl groups is 1. The van der Waals surface area contributed by atoms with Crippen LogP contribution in [0, 0.1) is 28.6 Å². The summed E-state index contributed by atoms with van der Waals surface area (Å²) in [5, 5.41) is 10.6. The summed E-state index contributed by atoms with van der Waals surface area (Å²) in [5.74, 6) is 1.61. The van der Waals surface area contributed by atoms with Crippen molar-refractivity contribution in [3.63, 3.8) is 0 Å². The number of esters is 1. The van der Waals surface area contributed by atoms with Crippen molar-refractivity contribution in [2.75, 3.05) is 6.61 Å². The molecule has 1 N–H and O–H groups in total. The Morgan fingerprint density at radius 2 is 2.00 bits per heavy atom. The first-order valence-corrected chi connectivity index (χ1v) is 9.92. The summed E-state index contributed by atoms with van der Waals surface area (Å²) in [6.07, 6.45) is 9.27. The molecule has 0 unspecified atom stereocenters. The normalized spacial score (nSPS) is 45.9. The van der Waals surface area contributed by atoms with Crippen LogP contribution >= 0.6 is 0 Å². The number of hydrogen-bond acceptors (Lipinski definition) is 4. The number of fused-ring (bicyclic) bond motifs is 5. The van der Waals surface area contributed by atoms with Gasteiger partial charge in [0.1, 0.15) is 6.61 Å². The van der Waals surface area contributed by atoms with Crippen molar-refractivity contribution in [2.24, 2.45) is 28.6 Å². The van der Waals surface area contributed by atoms with Gasteiger partial charge in [-0.15, -0.1) is 0 Å². The van der Waals surface area contributed by atoms with E-state index in [1.54, 1.807) is 0 Å². The molecule has 4 rings (SSSR count). The third-order valence-electron chi connectivity index (χ3n) is 8.17. The van der Waals surface area contributed by atoms with Gasteiger partial charge in [-0.2, -0.15) is 0 Å². The van der Waals surface area contributed by atoms with Crippen LogP contribution in [0.2, 0.25) is 0 Å². The van der Waals surface area contributed by atoms with Crippen molar-refractivity contribution in [1.29, 1.82) is 0 Å². The van der Waals surface area contributed by atoms with E-state index in [-0.39, 0.29) is 28.7 Å². The van der Waals surface area contributed by atoms with Gasteiger partial charge >= 0.3 is 5.97 Å². The molecular formula is C21H30O4. The molecule has 4 heteroatoms. The second kappa shape index (κ2) is 5.94. The summed E-state index contributed by atoms with van der Waals surface area (Å²) in [6.45, 7) is 4.17. The molecule has 0 saturated heterocycles. The van der Waals surface area contributed by atoms with Gasteiger partial charge in [0.2, 0.25) is 0 Å². The molecule has 4 nitrogen and oxygen atoms in total. The number of hydrogen-bond donors (Lipinski definition) is 1. The third-order valence-corrected chi connectivity index (χ3v) is 8.17. The van der Waals surface area contributed by atoms with Crippen LogP contribution in [0.5, 0.6) is 0 Å². The number of carbonyl (C=O) groups excluding carboxylic acids is 2. The van der Waals surface area contributed by atoms with Crippen LogP contribution in [0.4, 0.5) is 0 Å². The van der Waals surface area contributed by atoms with Crippen LogP contribution in [0.3, 0.4) is 0 Å². The molecule has 0 heterocycles.